The molecule has 1 amide bonds. The first-order valence-corrected chi connectivity index (χ1v) is 10.4. The number of anilines is 1. The third kappa shape index (κ3) is 3.80. The van der Waals surface area contributed by atoms with Gasteiger partial charge in [-0.3, -0.25) is 4.79 Å². The van der Waals surface area contributed by atoms with Crippen LogP contribution in [0.15, 0.2) is 53.9 Å². The van der Waals surface area contributed by atoms with Crippen molar-refractivity contribution in [3.05, 3.63) is 70.2 Å². The molecular formula is C23H22FNO2S. The summed E-state index contributed by atoms with van der Waals surface area (Å²) >= 11 is 1.61. The van der Waals surface area contributed by atoms with Gasteiger partial charge in [0, 0.05) is 28.2 Å². The Kier molecular flexibility index (Phi) is 5.44. The smallest absolute Gasteiger partial charge is 0.225 e. The summed E-state index contributed by atoms with van der Waals surface area (Å²) in [5, 5.41) is 5.00. The second-order valence-corrected chi connectivity index (χ2v) is 7.89. The molecule has 5 heteroatoms. The lowest BCUT2D eigenvalue weighted by atomic mass is 9.89. The van der Waals surface area contributed by atoms with E-state index in [1.54, 1.807) is 17.4 Å². The van der Waals surface area contributed by atoms with Crippen LogP contribution in [0.5, 0.6) is 5.75 Å². The van der Waals surface area contributed by atoms with Crippen LogP contribution in [0.4, 0.5) is 10.1 Å². The van der Waals surface area contributed by atoms with Crippen LogP contribution in [0, 0.1) is 5.82 Å². The quantitative estimate of drug-likeness (QED) is 0.504. The van der Waals surface area contributed by atoms with Gasteiger partial charge in [0.2, 0.25) is 5.91 Å². The average molecular weight is 395 g/mol. The molecule has 28 heavy (non-hydrogen) atoms. The van der Waals surface area contributed by atoms with Crippen molar-refractivity contribution in [3.8, 4) is 16.9 Å². The number of carbonyl (C=O) groups is 1. The molecule has 2 aromatic carbocycles. The molecule has 0 saturated heterocycles. The molecule has 0 unspecified atom stereocenters. The van der Waals surface area contributed by atoms with Crippen molar-refractivity contribution in [3.63, 3.8) is 0 Å². The molecule has 0 radical (unpaired) electrons. The van der Waals surface area contributed by atoms with Crippen molar-refractivity contribution >= 4 is 22.9 Å². The molecule has 1 atom stereocenters. The summed E-state index contributed by atoms with van der Waals surface area (Å²) < 4.78 is 19.4. The molecule has 0 saturated carbocycles. The summed E-state index contributed by atoms with van der Waals surface area (Å²) in [7, 11) is 0. The van der Waals surface area contributed by atoms with E-state index in [4.69, 9.17) is 4.74 Å². The highest BCUT2D eigenvalue weighted by molar-refractivity contribution is 7.11. The summed E-state index contributed by atoms with van der Waals surface area (Å²) in [6, 6.07) is 14.5. The molecule has 0 aliphatic carbocycles. The largest absolute Gasteiger partial charge is 0.494 e. The van der Waals surface area contributed by atoms with E-state index in [2.05, 4.69) is 12.2 Å². The average Bonchev–Trinajstić information content (AvgIpc) is 3.12. The molecule has 0 bridgehead atoms. The Balaban J connectivity index is 1.63. The maximum Gasteiger partial charge on any atom is 0.225 e. The first-order valence-electron chi connectivity index (χ1n) is 9.55. The highest BCUT2D eigenvalue weighted by Gasteiger charge is 2.30. The Morgan fingerprint density at radius 3 is 2.79 bits per heavy atom. The summed E-state index contributed by atoms with van der Waals surface area (Å²) in [5.41, 5.74) is 3.54. The Bertz CT molecular complexity index is 981. The summed E-state index contributed by atoms with van der Waals surface area (Å²) in [6.45, 7) is 2.85. The van der Waals surface area contributed by atoms with Crippen LogP contribution in [0.1, 0.15) is 42.5 Å². The highest BCUT2D eigenvalue weighted by Crippen LogP contribution is 2.46. The fourth-order valence-corrected chi connectivity index (χ4v) is 4.66. The van der Waals surface area contributed by atoms with Crippen molar-refractivity contribution in [2.45, 2.75) is 32.1 Å². The van der Waals surface area contributed by atoms with E-state index >= 15 is 0 Å². The number of unbranched alkanes of at least 4 members (excludes halogenated alkanes) is 1. The zero-order chi connectivity index (χ0) is 19.5. The lowest BCUT2D eigenvalue weighted by Crippen LogP contribution is -2.22. The van der Waals surface area contributed by atoms with Gasteiger partial charge in [-0.1, -0.05) is 37.6 Å². The van der Waals surface area contributed by atoms with E-state index in [-0.39, 0.29) is 17.6 Å². The maximum absolute atomic E-state index is 13.7. The van der Waals surface area contributed by atoms with Crippen molar-refractivity contribution in [2.24, 2.45) is 0 Å². The minimum absolute atomic E-state index is 0.000695. The lowest BCUT2D eigenvalue weighted by Gasteiger charge is -2.24. The first kappa shape index (κ1) is 18.7. The van der Waals surface area contributed by atoms with Crippen LogP contribution in [-0.4, -0.2) is 12.5 Å². The number of halogens is 1. The van der Waals surface area contributed by atoms with Gasteiger partial charge in [-0.15, -0.1) is 11.3 Å². The van der Waals surface area contributed by atoms with Gasteiger partial charge in [0.25, 0.3) is 0 Å². The molecule has 3 aromatic rings. The topological polar surface area (TPSA) is 38.3 Å². The minimum atomic E-state index is -0.283. The Morgan fingerprint density at radius 1 is 1.21 bits per heavy atom. The zero-order valence-corrected chi connectivity index (χ0v) is 16.5. The molecule has 2 heterocycles. The van der Waals surface area contributed by atoms with Gasteiger partial charge in [-0.25, -0.2) is 4.39 Å². The standard InChI is InChI=1S/C23H22FNO2S/c1-2-3-11-27-18-9-7-15(8-10-18)19-13-21(26)25-22-20(14-28-23(19)22)16-5-4-6-17(24)12-16/h4-10,12,14,19H,2-3,11,13H2,1H3,(H,25,26)/t19-/m1/s1. The molecular weight excluding hydrogens is 373 g/mol. The van der Waals surface area contributed by atoms with Crippen LogP contribution in [-0.2, 0) is 4.79 Å². The van der Waals surface area contributed by atoms with Gasteiger partial charge >= 0.3 is 0 Å². The van der Waals surface area contributed by atoms with Crippen LogP contribution in [0.25, 0.3) is 11.1 Å². The zero-order valence-electron chi connectivity index (χ0n) is 15.7. The molecule has 1 N–H and O–H groups in total. The maximum atomic E-state index is 13.7. The van der Waals surface area contributed by atoms with Crippen molar-refractivity contribution in [1.29, 1.82) is 0 Å². The molecule has 1 aliphatic rings. The second kappa shape index (κ2) is 8.15. The van der Waals surface area contributed by atoms with Gasteiger partial charge in [0.15, 0.2) is 0 Å². The fourth-order valence-electron chi connectivity index (χ4n) is 3.50. The van der Waals surface area contributed by atoms with Crippen molar-refractivity contribution in [1.82, 2.24) is 0 Å². The minimum Gasteiger partial charge on any atom is -0.494 e. The molecule has 0 spiro atoms. The van der Waals surface area contributed by atoms with Crippen LogP contribution >= 0.6 is 11.3 Å². The van der Waals surface area contributed by atoms with Crippen LogP contribution < -0.4 is 10.1 Å². The predicted molar refractivity (Wildman–Crippen MR) is 112 cm³/mol. The number of benzene rings is 2. The summed E-state index contributed by atoms with van der Waals surface area (Å²) in [5.74, 6) is 0.552. The number of ether oxygens (including phenoxy) is 1. The van der Waals surface area contributed by atoms with Gasteiger partial charge in [-0.05, 0) is 41.8 Å². The SMILES string of the molecule is CCCCOc1ccc([C@H]2CC(=O)Nc3c(-c4cccc(F)c4)csc32)cc1. The normalized spacial score (nSPS) is 15.8. The molecule has 144 valence electrons. The Morgan fingerprint density at radius 2 is 2.04 bits per heavy atom. The number of carbonyl (C=O) groups excluding carboxylic acids is 1. The first-order chi connectivity index (χ1) is 13.7. The Labute approximate surface area is 168 Å². The third-order valence-corrected chi connectivity index (χ3v) is 6.07. The molecule has 3 nitrogen and oxygen atoms in total. The number of hydrogen-bond acceptors (Lipinski definition) is 3. The number of hydrogen-bond donors (Lipinski definition) is 1. The molecule has 0 fully saturated rings. The number of rotatable bonds is 6. The molecule has 1 aliphatic heterocycles. The third-order valence-electron chi connectivity index (χ3n) is 4.97. The molecule has 4 rings (SSSR count). The van der Waals surface area contributed by atoms with Gasteiger partial charge in [0.05, 0.1) is 12.3 Å². The lowest BCUT2D eigenvalue weighted by molar-refractivity contribution is -0.116. The number of nitrogens with one attached hydrogen (secondary N) is 1. The van der Waals surface area contributed by atoms with E-state index in [0.29, 0.717) is 13.0 Å². The summed E-state index contributed by atoms with van der Waals surface area (Å²) in [6.07, 6.45) is 2.54. The van der Waals surface area contributed by atoms with E-state index in [1.807, 2.05) is 35.7 Å². The number of amides is 1. The van der Waals surface area contributed by atoms with Gasteiger partial charge in [0.1, 0.15) is 11.6 Å². The predicted octanol–water partition coefficient (Wildman–Crippen LogP) is 6.21. The van der Waals surface area contributed by atoms with Crippen molar-refractivity contribution in [2.75, 3.05) is 11.9 Å². The summed E-state index contributed by atoms with van der Waals surface area (Å²) in [4.78, 5) is 13.5. The highest BCUT2D eigenvalue weighted by atomic mass is 32.1. The molecule has 1 aromatic heterocycles. The monoisotopic (exact) mass is 395 g/mol. The van der Waals surface area contributed by atoms with Crippen LogP contribution in [0.3, 0.4) is 0 Å². The fraction of sp³-hybridized carbons (Fsp3) is 0.261. The van der Waals surface area contributed by atoms with E-state index in [1.165, 1.54) is 12.1 Å². The Hall–Kier alpha value is -2.66. The number of fused-ring (bicyclic) bond motifs is 1. The van der Waals surface area contributed by atoms with Gasteiger partial charge in [-0.2, -0.15) is 0 Å². The second-order valence-electron chi connectivity index (χ2n) is 6.97. The van der Waals surface area contributed by atoms with E-state index in [0.717, 1.165) is 45.8 Å². The number of thiophene rings is 1. The van der Waals surface area contributed by atoms with E-state index < -0.39 is 0 Å². The van der Waals surface area contributed by atoms with E-state index in [9.17, 15) is 9.18 Å². The van der Waals surface area contributed by atoms with Crippen molar-refractivity contribution < 1.29 is 13.9 Å². The van der Waals surface area contributed by atoms with Gasteiger partial charge < -0.3 is 10.1 Å². The van der Waals surface area contributed by atoms with Crippen LogP contribution in [0.2, 0.25) is 0 Å².